The van der Waals surface area contributed by atoms with Crippen molar-refractivity contribution in [2.24, 2.45) is 70.5 Å². The molecule has 11 rings (SSSR count). The fraction of sp³-hybridized carbons (Fsp3) is 0.991. The monoisotopic (exact) mass is 1810 g/mol. The van der Waals surface area contributed by atoms with Gasteiger partial charge in [-0.25, -0.2) is 0 Å². The van der Waals surface area contributed by atoms with Crippen LogP contribution in [-0.2, 0) is 4.79 Å². The number of likely N-dealkylation sites (tertiary alicyclic amines) is 8. The molecule has 7 unspecified atom stereocenters. The number of fused-ring (bicyclic) bond motifs is 2. The smallest absolute Gasteiger partial charge is 0.236 e. The van der Waals surface area contributed by atoms with Crippen molar-refractivity contribution in [2.75, 3.05) is 229 Å². The number of nitrogens with one attached hydrogen (secondary N) is 4. The van der Waals surface area contributed by atoms with Crippen molar-refractivity contribution in [3.8, 4) is 0 Å². The zero-order valence-corrected chi connectivity index (χ0v) is 92.9. The summed E-state index contributed by atoms with van der Waals surface area (Å²) in [5.74, 6) is 9.27. The first kappa shape index (κ1) is 121. The molecule has 762 valence electrons. The van der Waals surface area contributed by atoms with Crippen LogP contribution in [-0.4, -0.2) is 388 Å². The molecule has 7 atom stereocenters. The van der Waals surface area contributed by atoms with E-state index in [1.54, 1.807) is 0 Å². The number of nitrogens with zero attached hydrogens (tertiary/aromatic N) is 14. The van der Waals surface area contributed by atoms with E-state index in [0.29, 0.717) is 60.0 Å². The van der Waals surface area contributed by atoms with Gasteiger partial charge in [0, 0.05) is 242 Å². The third kappa shape index (κ3) is 53.1. The van der Waals surface area contributed by atoms with Gasteiger partial charge in [-0.3, -0.25) is 29.3 Å². The minimum Gasteiger partial charge on any atom is -0.340 e. The molecule has 11 aliphatic heterocycles. The number of hydrogen-bond donors (Lipinski definition) is 4. The van der Waals surface area contributed by atoms with Gasteiger partial charge in [0.25, 0.3) is 0 Å². The molecule has 0 aromatic heterocycles. The molecule has 11 aliphatic rings. The second-order valence-corrected chi connectivity index (χ2v) is 49.0. The largest absolute Gasteiger partial charge is 0.340 e. The number of piperazine rings is 2. The molecule has 0 bridgehead atoms. The van der Waals surface area contributed by atoms with Crippen LogP contribution in [0.25, 0.3) is 0 Å². The predicted octanol–water partition coefficient (Wildman–Crippen LogP) is 17.7. The summed E-state index contributed by atoms with van der Waals surface area (Å²) in [7, 11) is 0. The molecule has 0 radical (unpaired) electrons. The number of amides is 1. The number of carbonyl (C=O) groups excluding carboxylic acids is 1. The quantitative estimate of drug-likeness (QED) is 0.0500. The summed E-state index contributed by atoms with van der Waals surface area (Å²) in [5.41, 5.74) is 0.569. The van der Waals surface area contributed by atoms with Gasteiger partial charge in [0.1, 0.15) is 0 Å². The number of rotatable bonds is 33. The highest BCUT2D eigenvalue weighted by molar-refractivity contribution is 5.79. The lowest BCUT2D eigenvalue weighted by Crippen LogP contribution is -2.53. The van der Waals surface area contributed by atoms with Crippen LogP contribution in [0.5, 0.6) is 0 Å². The Balaban J connectivity index is 0.000000372. The molecule has 0 saturated carbocycles. The molecular weight excluding hydrogens is 1580 g/mol. The second-order valence-electron chi connectivity index (χ2n) is 49.0. The minimum atomic E-state index is 0.290. The van der Waals surface area contributed by atoms with E-state index in [4.69, 9.17) is 0 Å². The topological polar surface area (TPSA) is 111 Å². The van der Waals surface area contributed by atoms with Gasteiger partial charge in [-0.05, 0) is 269 Å². The first-order valence-electron chi connectivity index (χ1n) is 54.8. The van der Waals surface area contributed by atoms with E-state index in [0.717, 1.165) is 127 Å². The van der Waals surface area contributed by atoms with Crippen LogP contribution in [0.3, 0.4) is 0 Å². The molecule has 0 aromatic carbocycles. The number of hydrogen-bond acceptors (Lipinski definition) is 18. The Bertz CT molecular complexity index is 2630. The highest BCUT2D eigenvalue weighted by atomic mass is 16.2. The predicted molar refractivity (Wildman–Crippen MR) is 564 cm³/mol. The van der Waals surface area contributed by atoms with Gasteiger partial charge in [-0.15, -0.1) is 0 Å². The first-order chi connectivity index (χ1) is 60.0. The molecule has 128 heavy (non-hydrogen) atoms. The lowest BCUT2D eigenvalue weighted by molar-refractivity contribution is -0.137. The standard InChI is InChI=1S/C14H28N2.C13H26N2.C13H28N2.3C12H26N2.C11H22N2O.2C11H24N2/c1-11(2)6-15-7-13-8-16(12(3)4)10-14(13,5)9-15;1-10(2)7-14-8-12-5-6-15(11(3)4)13(12)9-14;1-11(2)7-9-15-8-5-6-13(10-15)14-12(3)4;1-10(2)9-14-7-5-12(6-8-14)13-11(3)4;1-10(2)5-7-14-8-6-12(9-14)13-11(3)4;1-11(2)10-13-6-5-7-14(9-8-13)12(3)4;1-9(2)7-13-6-5-12(10(3)4)8-11(13)14;1-10(2)9-12-5-7-13(8-6-12)11(3)4;1-9(2)7-13-6-5-11(8-13)12-10(3)4/h11-13H,6-10H2,1-5H3;10-13H,5-9H2,1-4H3;11-14H,5-10H2,1-4H3;2*10-13H,5-9H2,1-4H3;11-12H,5-10H2,1-4H3;9-10H,5-8H2,1-4H3;10-11H,5-9H2,1-4H3;9-12H,5-8H2,1-4H3. The van der Waals surface area contributed by atoms with Crippen LogP contribution in [0.2, 0.25) is 0 Å². The molecule has 0 aromatic rings. The van der Waals surface area contributed by atoms with Crippen molar-refractivity contribution in [1.29, 1.82) is 0 Å². The van der Waals surface area contributed by atoms with Crippen molar-refractivity contribution in [3.63, 3.8) is 0 Å². The molecule has 4 N–H and O–H groups in total. The maximum Gasteiger partial charge on any atom is 0.236 e. The van der Waals surface area contributed by atoms with Crippen LogP contribution >= 0.6 is 0 Å². The van der Waals surface area contributed by atoms with Gasteiger partial charge in [-0.2, -0.15) is 0 Å². The molecule has 0 spiro atoms. The summed E-state index contributed by atoms with van der Waals surface area (Å²) in [6, 6.07) is 9.73. The lowest BCUT2D eigenvalue weighted by atomic mass is 9.83. The maximum atomic E-state index is 11.7. The summed E-state index contributed by atoms with van der Waals surface area (Å²) in [6.07, 6.45) is 13.5. The normalized spacial score (nSPS) is 25.5. The van der Waals surface area contributed by atoms with E-state index < -0.39 is 0 Å². The summed E-state index contributed by atoms with van der Waals surface area (Å²) >= 11 is 0. The van der Waals surface area contributed by atoms with Crippen LogP contribution in [0.15, 0.2) is 0 Å². The number of carbonyl (C=O) groups is 1. The molecule has 19 heteroatoms. The Hall–Kier alpha value is -1.21. The van der Waals surface area contributed by atoms with Gasteiger partial charge < -0.3 is 65.4 Å². The van der Waals surface area contributed by atoms with Gasteiger partial charge in [0.15, 0.2) is 0 Å². The summed E-state index contributed by atoms with van der Waals surface area (Å²) in [5, 5.41) is 14.5. The van der Waals surface area contributed by atoms with Gasteiger partial charge >= 0.3 is 0 Å². The molecule has 11 fully saturated rings. The van der Waals surface area contributed by atoms with E-state index in [9.17, 15) is 4.79 Å². The summed E-state index contributed by atoms with van der Waals surface area (Å²) in [6.45, 7) is 128. The van der Waals surface area contributed by atoms with Crippen LogP contribution in [0.4, 0.5) is 0 Å². The van der Waals surface area contributed by atoms with Crippen LogP contribution in [0, 0.1) is 70.5 Å². The average molecular weight is 1810 g/mol. The van der Waals surface area contributed by atoms with E-state index in [1.807, 2.05) is 4.90 Å². The molecular formula is C109H230N18O. The van der Waals surface area contributed by atoms with E-state index in [1.165, 1.54) is 267 Å². The number of piperidine rings is 2. The minimum absolute atomic E-state index is 0.290. The Morgan fingerprint density at radius 3 is 1.08 bits per heavy atom. The van der Waals surface area contributed by atoms with Gasteiger partial charge in [0.2, 0.25) is 5.91 Å². The molecule has 1 amide bonds. The van der Waals surface area contributed by atoms with Gasteiger partial charge in [0.05, 0.1) is 6.54 Å². The fourth-order valence-corrected chi connectivity index (χ4v) is 21.7. The van der Waals surface area contributed by atoms with Crippen LogP contribution < -0.4 is 21.3 Å². The first-order valence-corrected chi connectivity index (χ1v) is 54.8. The lowest BCUT2D eigenvalue weighted by Gasteiger charge is -2.37. The molecule has 11 heterocycles. The highest BCUT2D eigenvalue weighted by Crippen LogP contribution is 2.43. The Morgan fingerprint density at radius 1 is 0.281 bits per heavy atom. The van der Waals surface area contributed by atoms with Crippen molar-refractivity contribution in [2.45, 2.75) is 405 Å². The average Bonchev–Trinajstić information content (AvgIpc) is 1.61. The molecule has 11 saturated heterocycles. The van der Waals surface area contributed by atoms with Crippen molar-refractivity contribution >= 4 is 5.91 Å². The summed E-state index contributed by atoms with van der Waals surface area (Å²) < 4.78 is 0. The highest BCUT2D eigenvalue weighted by Gasteiger charge is 2.49. The van der Waals surface area contributed by atoms with Crippen LogP contribution in [0.1, 0.15) is 320 Å². The molecule has 0 aliphatic carbocycles. The fourth-order valence-electron chi connectivity index (χ4n) is 21.7. The van der Waals surface area contributed by atoms with E-state index in [-0.39, 0.29) is 0 Å². The van der Waals surface area contributed by atoms with Crippen molar-refractivity contribution in [1.82, 2.24) is 89.9 Å². The zero-order valence-electron chi connectivity index (χ0n) is 92.9. The van der Waals surface area contributed by atoms with E-state index in [2.05, 4.69) is 341 Å². The van der Waals surface area contributed by atoms with Crippen molar-refractivity contribution in [3.05, 3.63) is 0 Å². The summed E-state index contributed by atoms with van der Waals surface area (Å²) in [4.78, 5) is 47.5. The Morgan fingerprint density at radius 2 is 0.648 bits per heavy atom. The van der Waals surface area contributed by atoms with E-state index >= 15 is 0 Å². The SMILES string of the molecule is CC(C)CCN1CCC(NC(C)C)C1.CC(C)CCN1CCCC(NC(C)C)C1.CC(C)CN1CC2CCN(C(C)C)C2C1.CC(C)CN1CC2CN(C(C)C)CC2(C)C1.CC(C)CN1CCC(NC(C)C)C1.CC(C)CN1CCC(NC(C)C)CC1.CC(C)CN1CCCN(C(C)C)CC1.CC(C)CN1CCN(C(C)C)CC1.CC(C)CN1CCN(C(C)C)CC1=O. The molecule has 19 nitrogen and oxygen atoms in total. The Labute approximate surface area is 800 Å². The third-order valence-electron chi connectivity index (χ3n) is 28.0. The Kier molecular flexibility index (Phi) is 61.3. The zero-order chi connectivity index (χ0) is 96.2. The van der Waals surface area contributed by atoms with Gasteiger partial charge in [-0.1, -0.05) is 187 Å². The third-order valence-corrected chi connectivity index (χ3v) is 28.0. The van der Waals surface area contributed by atoms with Crippen molar-refractivity contribution < 1.29 is 4.79 Å². The maximum absolute atomic E-state index is 11.7. The second kappa shape index (κ2) is 64.9.